The molecule has 0 saturated carbocycles. The molecule has 2 aromatic rings. The van der Waals surface area contributed by atoms with E-state index in [1.807, 2.05) is 22.9 Å². The Morgan fingerprint density at radius 2 is 1.84 bits per heavy atom. The van der Waals surface area contributed by atoms with Crippen LogP contribution >= 0.6 is 0 Å². The number of hydrogen-bond donors (Lipinski definition) is 1. The van der Waals surface area contributed by atoms with Crippen molar-refractivity contribution < 1.29 is 13.2 Å². The van der Waals surface area contributed by atoms with Crippen molar-refractivity contribution in [3.8, 4) is 0 Å². The van der Waals surface area contributed by atoms with E-state index < -0.39 is 10.0 Å². The van der Waals surface area contributed by atoms with E-state index in [0.29, 0.717) is 30.6 Å². The van der Waals surface area contributed by atoms with Gasteiger partial charge in [-0.25, -0.2) is 8.42 Å². The Balaban J connectivity index is 1.37. The third-order valence-corrected chi connectivity index (χ3v) is 8.57. The number of carbonyl (C=O) groups is 1. The smallest absolute Gasteiger partial charge is 0.243 e. The molecule has 1 amide bonds. The van der Waals surface area contributed by atoms with Gasteiger partial charge in [0.2, 0.25) is 15.9 Å². The van der Waals surface area contributed by atoms with E-state index in [4.69, 9.17) is 0 Å². The van der Waals surface area contributed by atoms with E-state index in [1.165, 1.54) is 19.3 Å². The van der Waals surface area contributed by atoms with E-state index in [9.17, 15) is 13.2 Å². The van der Waals surface area contributed by atoms with E-state index in [-0.39, 0.29) is 12.5 Å². The second kappa shape index (κ2) is 9.71. The first-order valence-electron chi connectivity index (χ1n) is 11.5. The van der Waals surface area contributed by atoms with Crippen molar-refractivity contribution in [3.05, 3.63) is 30.5 Å². The molecule has 1 atom stereocenters. The topological polar surface area (TPSA) is 74.6 Å². The largest absolute Gasteiger partial charge is 0.353 e. The number of benzene rings is 1. The quantitative estimate of drug-likeness (QED) is 0.710. The standard InChI is InChI=1S/C23H34N4O3S/c1-19-7-3-6-12-25(19)16-11-24-23(28)18-26-15-10-20-17-21(8-9-22(20)26)31(29,30)27-13-4-2-5-14-27/h8-10,15,17,19H,2-7,11-14,16,18H2,1H3,(H,24,28)/t19-/m1/s1. The van der Waals surface area contributed by atoms with Crippen LogP contribution in [0.5, 0.6) is 0 Å². The van der Waals surface area contributed by atoms with Crippen LogP contribution in [0.4, 0.5) is 0 Å². The van der Waals surface area contributed by atoms with Crippen LogP contribution in [0.2, 0.25) is 0 Å². The number of nitrogens with zero attached hydrogens (tertiary/aromatic N) is 3. The third-order valence-electron chi connectivity index (χ3n) is 6.67. The lowest BCUT2D eigenvalue weighted by atomic mass is 10.0. The van der Waals surface area contributed by atoms with Gasteiger partial charge >= 0.3 is 0 Å². The van der Waals surface area contributed by atoms with E-state index in [2.05, 4.69) is 17.1 Å². The van der Waals surface area contributed by atoms with Gasteiger partial charge in [-0.2, -0.15) is 4.31 Å². The van der Waals surface area contributed by atoms with Crippen LogP contribution in [-0.2, 0) is 21.4 Å². The van der Waals surface area contributed by atoms with E-state index in [1.54, 1.807) is 16.4 Å². The summed E-state index contributed by atoms with van der Waals surface area (Å²) in [5.74, 6) is -0.0211. The van der Waals surface area contributed by atoms with Crippen LogP contribution in [0.3, 0.4) is 0 Å². The van der Waals surface area contributed by atoms with Crippen LogP contribution in [-0.4, -0.2) is 66.9 Å². The molecule has 2 aliphatic heterocycles. The number of aromatic nitrogens is 1. The molecule has 1 N–H and O–H groups in total. The van der Waals surface area contributed by atoms with Crippen molar-refractivity contribution in [2.24, 2.45) is 0 Å². The van der Waals surface area contributed by atoms with Gasteiger partial charge in [-0.15, -0.1) is 0 Å². The monoisotopic (exact) mass is 446 g/mol. The van der Waals surface area contributed by atoms with Gasteiger partial charge < -0.3 is 9.88 Å². The maximum absolute atomic E-state index is 12.9. The minimum Gasteiger partial charge on any atom is -0.353 e. The fourth-order valence-corrected chi connectivity index (χ4v) is 6.32. The molecular formula is C23H34N4O3S. The molecule has 0 unspecified atom stereocenters. The highest BCUT2D eigenvalue weighted by Crippen LogP contribution is 2.25. The number of piperidine rings is 2. The maximum atomic E-state index is 12.9. The van der Waals surface area contributed by atoms with Gasteiger partial charge in [0.1, 0.15) is 6.54 Å². The average molecular weight is 447 g/mol. The van der Waals surface area contributed by atoms with Gasteiger partial charge in [-0.1, -0.05) is 12.8 Å². The summed E-state index contributed by atoms with van der Waals surface area (Å²) in [5.41, 5.74) is 0.873. The molecule has 0 bridgehead atoms. The lowest BCUT2D eigenvalue weighted by Gasteiger charge is -2.33. The first kappa shape index (κ1) is 22.3. The molecule has 1 aromatic carbocycles. The second-order valence-corrected chi connectivity index (χ2v) is 10.8. The highest BCUT2D eigenvalue weighted by atomic mass is 32.2. The highest BCUT2D eigenvalue weighted by molar-refractivity contribution is 7.89. The summed E-state index contributed by atoms with van der Waals surface area (Å²) in [6, 6.07) is 7.68. The van der Waals surface area contributed by atoms with Gasteiger partial charge in [0, 0.05) is 49.3 Å². The molecule has 170 valence electrons. The van der Waals surface area contributed by atoms with Crippen LogP contribution in [0.1, 0.15) is 45.4 Å². The van der Waals surface area contributed by atoms with Crippen LogP contribution in [0.25, 0.3) is 10.9 Å². The molecular weight excluding hydrogens is 412 g/mol. The normalized spacial score (nSPS) is 21.4. The molecule has 0 radical (unpaired) electrons. The lowest BCUT2D eigenvalue weighted by Crippen LogP contribution is -2.42. The summed E-state index contributed by atoms with van der Waals surface area (Å²) in [4.78, 5) is 15.2. The molecule has 7 nitrogen and oxygen atoms in total. The molecule has 31 heavy (non-hydrogen) atoms. The Labute approximate surface area is 185 Å². The number of carbonyl (C=O) groups excluding carboxylic acids is 1. The fourth-order valence-electron chi connectivity index (χ4n) is 4.77. The van der Waals surface area contributed by atoms with E-state index >= 15 is 0 Å². The number of amides is 1. The zero-order valence-corrected chi connectivity index (χ0v) is 19.2. The van der Waals surface area contributed by atoms with Crippen LogP contribution in [0.15, 0.2) is 35.4 Å². The molecule has 4 rings (SSSR count). The lowest BCUT2D eigenvalue weighted by molar-refractivity contribution is -0.121. The summed E-state index contributed by atoms with van der Waals surface area (Å²) in [5, 5.41) is 3.87. The second-order valence-electron chi connectivity index (χ2n) is 8.86. The minimum absolute atomic E-state index is 0.0211. The SMILES string of the molecule is C[C@@H]1CCCCN1CCNC(=O)Cn1ccc2cc(S(=O)(=O)N3CCCCC3)ccc21. The number of likely N-dealkylation sites (tertiary alicyclic amines) is 1. The van der Waals surface area contributed by atoms with Crippen molar-refractivity contribution in [2.45, 2.75) is 62.9 Å². The van der Waals surface area contributed by atoms with Gasteiger partial charge in [0.25, 0.3) is 0 Å². The van der Waals surface area contributed by atoms with E-state index in [0.717, 1.165) is 43.3 Å². The molecule has 8 heteroatoms. The predicted octanol–water partition coefficient (Wildman–Crippen LogP) is 2.81. The summed E-state index contributed by atoms with van der Waals surface area (Å²) in [6.07, 6.45) is 8.56. The molecule has 3 heterocycles. The maximum Gasteiger partial charge on any atom is 0.243 e. The van der Waals surface area contributed by atoms with Crippen LogP contribution in [0, 0.1) is 0 Å². The molecule has 2 aliphatic rings. The number of nitrogens with one attached hydrogen (secondary N) is 1. The average Bonchev–Trinajstić information content (AvgIpc) is 3.17. The van der Waals surface area contributed by atoms with Gasteiger partial charge in [0.15, 0.2) is 0 Å². The number of fused-ring (bicyclic) bond motifs is 1. The molecule has 0 spiro atoms. The van der Waals surface area contributed by atoms with Gasteiger partial charge in [0.05, 0.1) is 4.90 Å². The first-order valence-corrected chi connectivity index (χ1v) is 13.0. The molecule has 2 fully saturated rings. The van der Waals surface area contributed by atoms with Crippen molar-refractivity contribution in [1.29, 1.82) is 0 Å². The summed E-state index contributed by atoms with van der Waals surface area (Å²) < 4.78 is 29.3. The highest BCUT2D eigenvalue weighted by Gasteiger charge is 2.26. The number of rotatable bonds is 7. The zero-order chi connectivity index (χ0) is 21.8. The van der Waals surface area contributed by atoms with Crippen molar-refractivity contribution in [3.63, 3.8) is 0 Å². The van der Waals surface area contributed by atoms with Crippen molar-refractivity contribution in [2.75, 3.05) is 32.7 Å². The third kappa shape index (κ3) is 5.13. The van der Waals surface area contributed by atoms with Gasteiger partial charge in [-0.3, -0.25) is 9.69 Å². The Hall–Kier alpha value is -1.90. The molecule has 0 aliphatic carbocycles. The zero-order valence-electron chi connectivity index (χ0n) is 18.4. The summed E-state index contributed by atoms with van der Waals surface area (Å²) >= 11 is 0. The predicted molar refractivity (Wildman–Crippen MR) is 122 cm³/mol. The Morgan fingerprint density at radius 3 is 2.61 bits per heavy atom. The number of hydrogen-bond acceptors (Lipinski definition) is 4. The molecule has 1 aromatic heterocycles. The number of sulfonamides is 1. The van der Waals surface area contributed by atoms with Gasteiger partial charge in [-0.05, 0) is 63.4 Å². The van der Waals surface area contributed by atoms with Crippen molar-refractivity contribution >= 4 is 26.8 Å². The molecule has 2 saturated heterocycles. The summed E-state index contributed by atoms with van der Waals surface area (Å²) in [6.45, 7) is 6.33. The Morgan fingerprint density at radius 1 is 1.06 bits per heavy atom. The Kier molecular flexibility index (Phi) is 6.99. The Bertz CT molecular complexity index is 1010. The minimum atomic E-state index is -3.45. The fraction of sp³-hybridized carbons (Fsp3) is 0.609. The van der Waals surface area contributed by atoms with Crippen LogP contribution < -0.4 is 5.32 Å². The summed E-state index contributed by atoms with van der Waals surface area (Å²) in [7, 11) is -3.45. The van der Waals surface area contributed by atoms with Crippen molar-refractivity contribution in [1.82, 2.24) is 19.1 Å². The first-order chi connectivity index (χ1) is 14.9.